The lowest BCUT2D eigenvalue weighted by molar-refractivity contribution is 0.184. The highest BCUT2D eigenvalue weighted by atomic mass is 35.5. The number of benzene rings is 2. The normalized spacial score (nSPS) is 13.8. The summed E-state index contributed by atoms with van der Waals surface area (Å²) in [5.41, 5.74) is 2.51. The monoisotopic (exact) mass is 417 g/mol. The zero-order valence-corrected chi connectivity index (χ0v) is 17.5. The van der Waals surface area contributed by atoms with Crippen molar-refractivity contribution in [2.24, 2.45) is 0 Å². The van der Waals surface area contributed by atoms with Gasteiger partial charge in [0.2, 0.25) is 0 Å². The van der Waals surface area contributed by atoms with E-state index < -0.39 is 0 Å². The van der Waals surface area contributed by atoms with Crippen LogP contribution >= 0.6 is 11.6 Å². The number of nitrogens with zero attached hydrogens (tertiary/aromatic N) is 2. The van der Waals surface area contributed by atoms with Crippen LogP contribution in [0.25, 0.3) is 0 Å². The Labute approximate surface area is 177 Å². The largest absolute Gasteiger partial charge is 0.496 e. The zero-order valence-electron chi connectivity index (χ0n) is 16.7. The number of aliphatic hydroxyl groups excluding tert-OH is 1. The van der Waals surface area contributed by atoms with Crippen LogP contribution in [0.1, 0.15) is 24.8 Å². The van der Waals surface area contributed by atoms with Crippen LogP contribution in [-0.4, -0.2) is 49.4 Å². The second-order valence-electron chi connectivity index (χ2n) is 7.10. The molecule has 0 atom stereocenters. The number of piperidine rings is 1. The Bertz CT molecular complexity index is 825. The van der Waals surface area contributed by atoms with Gasteiger partial charge in [0.1, 0.15) is 5.75 Å². The van der Waals surface area contributed by atoms with E-state index in [1.165, 1.54) is 19.3 Å². The first-order chi connectivity index (χ1) is 14.1. The number of amides is 2. The second kappa shape index (κ2) is 10.4. The van der Waals surface area contributed by atoms with Gasteiger partial charge < -0.3 is 25.0 Å². The summed E-state index contributed by atoms with van der Waals surface area (Å²) in [7, 11) is 1.60. The minimum atomic E-state index is -0.299. The average Bonchev–Trinajstić information content (AvgIpc) is 2.74. The molecule has 0 aromatic heterocycles. The first-order valence-corrected chi connectivity index (χ1v) is 10.3. The zero-order chi connectivity index (χ0) is 20.6. The van der Waals surface area contributed by atoms with E-state index in [4.69, 9.17) is 16.3 Å². The highest BCUT2D eigenvalue weighted by Crippen LogP contribution is 2.31. The van der Waals surface area contributed by atoms with Gasteiger partial charge in [-0.2, -0.15) is 0 Å². The smallest absolute Gasteiger partial charge is 0.322 e. The number of halogens is 1. The van der Waals surface area contributed by atoms with Crippen molar-refractivity contribution >= 4 is 29.0 Å². The quantitative estimate of drug-likeness (QED) is 0.702. The summed E-state index contributed by atoms with van der Waals surface area (Å²) in [6.07, 6.45) is 3.61. The molecule has 0 bridgehead atoms. The van der Waals surface area contributed by atoms with Crippen LogP contribution in [0.3, 0.4) is 0 Å². The highest BCUT2D eigenvalue weighted by molar-refractivity contribution is 6.33. The van der Waals surface area contributed by atoms with Crippen LogP contribution in [0.4, 0.5) is 16.2 Å². The fraction of sp³-hybridized carbons (Fsp3) is 0.409. The Balaban J connectivity index is 1.70. The molecule has 2 aromatic rings. The number of urea groups is 1. The van der Waals surface area contributed by atoms with E-state index in [0.29, 0.717) is 23.0 Å². The third kappa shape index (κ3) is 5.55. The molecular weight excluding hydrogens is 390 g/mol. The number of ether oxygens (including phenoxy) is 1. The van der Waals surface area contributed by atoms with Crippen molar-refractivity contribution in [2.75, 3.05) is 43.6 Å². The molecule has 2 N–H and O–H groups in total. The summed E-state index contributed by atoms with van der Waals surface area (Å²) in [5, 5.41) is 12.9. The van der Waals surface area contributed by atoms with Gasteiger partial charge in [0.15, 0.2) is 0 Å². The number of hydrogen-bond acceptors (Lipinski definition) is 4. The number of nitrogens with one attached hydrogen (secondary N) is 1. The Morgan fingerprint density at radius 2 is 1.97 bits per heavy atom. The molecule has 1 aliphatic rings. The van der Waals surface area contributed by atoms with Crippen LogP contribution in [0.15, 0.2) is 42.5 Å². The number of hydrogen-bond donors (Lipinski definition) is 2. The molecule has 0 spiro atoms. The number of carbonyl (C=O) groups is 1. The van der Waals surface area contributed by atoms with E-state index in [2.05, 4.69) is 10.2 Å². The molecule has 6 nitrogen and oxygen atoms in total. The van der Waals surface area contributed by atoms with E-state index >= 15 is 0 Å². The van der Waals surface area contributed by atoms with E-state index in [1.807, 2.05) is 36.4 Å². The first-order valence-electron chi connectivity index (χ1n) is 9.95. The summed E-state index contributed by atoms with van der Waals surface area (Å²) in [5.74, 6) is 0.706. The predicted octanol–water partition coefficient (Wildman–Crippen LogP) is 4.37. The minimum Gasteiger partial charge on any atom is -0.496 e. The Morgan fingerprint density at radius 3 is 2.66 bits per heavy atom. The molecule has 3 rings (SSSR count). The van der Waals surface area contributed by atoms with E-state index in [9.17, 15) is 9.90 Å². The van der Waals surface area contributed by atoms with Gasteiger partial charge in [0.05, 0.1) is 31.0 Å². The van der Waals surface area contributed by atoms with Crippen molar-refractivity contribution in [3.05, 3.63) is 53.1 Å². The van der Waals surface area contributed by atoms with Crippen LogP contribution in [0.5, 0.6) is 5.75 Å². The molecule has 1 saturated heterocycles. The third-order valence-electron chi connectivity index (χ3n) is 5.11. The molecule has 29 heavy (non-hydrogen) atoms. The van der Waals surface area contributed by atoms with E-state index in [-0.39, 0.29) is 19.2 Å². The summed E-state index contributed by atoms with van der Waals surface area (Å²) < 4.78 is 5.37. The summed E-state index contributed by atoms with van der Waals surface area (Å²) in [6, 6.07) is 12.8. The van der Waals surface area contributed by atoms with Crippen LogP contribution in [0, 0.1) is 0 Å². The molecule has 1 aliphatic heterocycles. The maximum absolute atomic E-state index is 12.8. The van der Waals surface area contributed by atoms with Gasteiger partial charge in [-0.25, -0.2) is 4.79 Å². The molecule has 1 fully saturated rings. The molecule has 156 valence electrons. The van der Waals surface area contributed by atoms with Crippen molar-refractivity contribution < 1.29 is 14.6 Å². The Kier molecular flexibility index (Phi) is 7.61. The third-order valence-corrected chi connectivity index (χ3v) is 5.41. The highest BCUT2D eigenvalue weighted by Gasteiger charge is 2.18. The van der Waals surface area contributed by atoms with Crippen LogP contribution < -0.4 is 15.0 Å². The number of rotatable bonds is 7. The van der Waals surface area contributed by atoms with Crippen molar-refractivity contribution in [3.63, 3.8) is 0 Å². The van der Waals surface area contributed by atoms with Crippen LogP contribution in [0.2, 0.25) is 5.02 Å². The Morgan fingerprint density at radius 1 is 1.21 bits per heavy atom. The van der Waals surface area contributed by atoms with Gasteiger partial charge in [-0.05, 0) is 43.5 Å². The average molecular weight is 418 g/mol. The summed E-state index contributed by atoms with van der Waals surface area (Å²) in [4.78, 5) is 16.6. The summed E-state index contributed by atoms with van der Waals surface area (Å²) in [6.45, 7) is 2.43. The van der Waals surface area contributed by atoms with Gasteiger partial charge in [-0.15, -0.1) is 0 Å². The number of para-hydroxylation sites is 1. The number of anilines is 2. The fourth-order valence-corrected chi connectivity index (χ4v) is 3.89. The minimum absolute atomic E-state index is 0.128. The molecule has 2 aromatic carbocycles. The molecule has 2 amide bonds. The van der Waals surface area contributed by atoms with Gasteiger partial charge in [0.25, 0.3) is 0 Å². The fourth-order valence-electron chi connectivity index (χ4n) is 3.59. The molecule has 1 heterocycles. The van der Waals surface area contributed by atoms with E-state index in [0.717, 1.165) is 24.3 Å². The van der Waals surface area contributed by atoms with Crippen molar-refractivity contribution in [1.82, 2.24) is 4.90 Å². The molecule has 0 radical (unpaired) electrons. The number of carbonyl (C=O) groups excluding carboxylic acids is 1. The standard InChI is InChI=1S/C22H28ClN3O3/c1-29-21-8-4-3-7-17(21)16-26(13-14-27)22(28)24-18-9-10-20(19(23)15-18)25-11-5-2-6-12-25/h3-4,7-10,15,27H,2,5-6,11-14,16H2,1H3,(H,24,28). The number of aliphatic hydroxyl groups is 1. The Hall–Kier alpha value is -2.44. The van der Waals surface area contributed by atoms with Crippen LogP contribution in [-0.2, 0) is 6.54 Å². The van der Waals surface area contributed by atoms with E-state index in [1.54, 1.807) is 18.1 Å². The molecule has 7 heteroatoms. The van der Waals surface area contributed by atoms with Crippen molar-refractivity contribution in [1.29, 1.82) is 0 Å². The van der Waals surface area contributed by atoms with Gasteiger partial charge >= 0.3 is 6.03 Å². The predicted molar refractivity (Wildman–Crippen MR) is 117 cm³/mol. The van der Waals surface area contributed by atoms with Crippen molar-refractivity contribution in [2.45, 2.75) is 25.8 Å². The molecule has 0 saturated carbocycles. The number of methoxy groups -OCH3 is 1. The molecule has 0 unspecified atom stereocenters. The van der Waals surface area contributed by atoms with Gasteiger partial charge in [-0.3, -0.25) is 0 Å². The lowest BCUT2D eigenvalue weighted by Crippen LogP contribution is -2.36. The molecule has 0 aliphatic carbocycles. The maximum atomic E-state index is 12.8. The van der Waals surface area contributed by atoms with Gasteiger partial charge in [0, 0.05) is 30.9 Å². The van der Waals surface area contributed by atoms with Crippen molar-refractivity contribution in [3.8, 4) is 5.75 Å². The maximum Gasteiger partial charge on any atom is 0.322 e. The SMILES string of the molecule is COc1ccccc1CN(CCO)C(=O)Nc1ccc(N2CCCCC2)c(Cl)c1. The summed E-state index contributed by atoms with van der Waals surface area (Å²) >= 11 is 6.49. The van der Waals surface area contributed by atoms with Gasteiger partial charge in [-0.1, -0.05) is 29.8 Å². The second-order valence-corrected chi connectivity index (χ2v) is 7.51. The topological polar surface area (TPSA) is 65.0 Å². The lowest BCUT2D eigenvalue weighted by atomic mass is 10.1. The lowest BCUT2D eigenvalue weighted by Gasteiger charge is -2.30. The molecular formula is C22H28ClN3O3. The first kappa shape index (κ1) is 21.3.